The maximum Gasteiger partial charge on any atom is 0.276 e. The first-order chi connectivity index (χ1) is 11.5. The number of amides is 1. The van der Waals surface area contributed by atoms with Gasteiger partial charge in [0.25, 0.3) is 5.91 Å². The summed E-state index contributed by atoms with van der Waals surface area (Å²) in [6.45, 7) is 0.457. The molecule has 1 aromatic carbocycles. The number of hydrogen-bond acceptors (Lipinski definition) is 3. The summed E-state index contributed by atoms with van der Waals surface area (Å²) in [6.07, 6.45) is 3.27. The van der Waals surface area contributed by atoms with Crippen LogP contribution in [0.15, 0.2) is 36.7 Å². The normalized spacial score (nSPS) is 10.8. The van der Waals surface area contributed by atoms with E-state index in [-0.39, 0.29) is 5.91 Å². The highest BCUT2D eigenvalue weighted by Crippen LogP contribution is 2.23. The van der Waals surface area contributed by atoms with Crippen molar-refractivity contribution in [2.75, 3.05) is 5.32 Å². The molecule has 2 aromatic heterocycles. The Labute approximate surface area is 161 Å². The van der Waals surface area contributed by atoms with Crippen molar-refractivity contribution in [2.24, 2.45) is 7.05 Å². The molecular weight excluding hydrogens is 464 g/mol. The topological polar surface area (TPSA) is 64.7 Å². The Morgan fingerprint density at radius 1 is 1.29 bits per heavy atom. The summed E-state index contributed by atoms with van der Waals surface area (Å²) in [5.74, 6) is -0.0185. The van der Waals surface area contributed by atoms with Crippen molar-refractivity contribution >= 4 is 57.5 Å². The van der Waals surface area contributed by atoms with Gasteiger partial charge in [-0.1, -0.05) is 41.4 Å². The number of aryl methyl sites for hydroxylation is 1. The van der Waals surface area contributed by atoms with Gasteiger partial charge >= 0.3 is 0 Å². The van der Waals surface area contributed by atoms with E-state index in [1.807, 2.05) is 24.3 Å². The van der Waals surface area contributed by atoms with E-state index in [0.717, 1.165) is 9.13 Å². The molecule has 0 saturated heterocycles. The Bertz CT molecular complexity index is 886. The maximum atomic E-state index is 12.4. The number of aromatic nitrogens is 4. The van der Waals surface area contributed by atoms with Crippen LogP contribution in [0.25, 0.3) is 0 Å². The first-order valence-electron chi connectivity index (χ1n) is 6.91. The Morgan fingerprint density at radius 3 is 2.71 bits per heavy atom. The molecule has 3 rings (SSSR count). The van der Waals surface area contributed by atoms with E-state index in [1.165, 1.54) is 4.68 Å². The Kier molecular flexibility index (Phi) is 5.12. The number of anilines is 1. The van der Waals surface area contributed by atoms with Gasteiger partial charge in [-0.3, -0.25) is 14.2 Å². The Hall–Kier alpha value is -1.58. The smallest absolute Gasteiger partial charge is 0.276 e. The molecule has 24 heavy (non-hydrogen) atoms. The van der Waals surface area contributed by atoms with Gasteiger partial charge in [0.05, 0.1) is 16.3 Å². The number of carbonyl (C=O) groups is 1. The zero-order valence-corrected chi connectivity index (χ0v) is 16.2. The molecule has 1 N–H and O–H groups in total. The van der Waals surface area contributed by atoms with Gasteiger partial charge in [-0.15, -0.1) is 0 Å². The van der Waals surface area contributed by atoms with Crippen LogP contribution in [0, 0.1) is 3.57 Å². The maximum absolute atomic E-state index is 12.4. The van der Waals surface area contributed by atoms with E-state index < -0.39 is 0 Å². The zero-order chi connectivity index (χ0) is 17.3. The number of nitrogens with one attached hydrogen (secondary N) is 1. The van der Waals surface area contributed by atoms with Crippen molar-refractivity contribution in [3.05, 3.63) is 61.5 Å². The van der Waals surface area contributed by atoms with Crippen LogP contribution in [0.3, 0.4) is 0 Å². The minimum atomic E-state index is -0.315. The highest BCUT2D eigenvalue weighted by molar-refractivity contribution is 14.1. The van der Waals surface area contributed by atoms with Crippen LogP contribution in [0.2, 0.25) is 10.0 Å². The summed E-state index contributed by atoms with van der Waals surface area (Å²) in [5, 5.41) is 12.1. The lowest BCUT2D eigenvalue weighted by atomic mass is 10.2. The predicted molar refractivity (Wildman–Crippen MR) is 102 cm³/mol. The van der Waals surface area contributed by atoms with Crippen molar-refractivity contribution in [3.63, 3.8) is 0 Å². The fourth-order valence-corrected chi connectivity index (χ4v) is 3.31. The van der Waals surface area contributed by atoms with Crippen LogP contribution < -0.4 is 5.32 Å². The second kappa shape index (κ2) is 7.12. The van der Waals surface area contributed by atoms with Crippen molar-refractivity contribution in [1.29, 1.82) is 0 Å². The van der Waals surface area contributed by atoms with Crippen LogP contribution in [0.1, 0.15) is 16.1 Å². The number of halogens is 3. The highest BCUT2D eigenvalue weighted by Gasteiger charge is 2.18. The third-order valence-electron chi connectivity index (χ3n) is 3.35. The fraction of sp³-hybridized carbons (Fsp3) is 0.133. The third kappa shape index (κ3) is 3.57. The lowest BCUT2D eigenvalue weighted by Gasteiger charge is -2.05. The SMILES string of the molecule is Cn1ncc(I)c1C(=O)Nc1nn(Cc2ccccc2Cl)cc1Cl. The van der Waals surface area contributed by atoms with Gasteiger partial charge in [0, 0.05) is 18.3 Å². The molecule has 0 aliphatic rings. The summed E-state index contributed by atoms with van der Waals surface area (Å²) in [5.41, 5.74) is 1.37. The molecule has 0 aliphatic carbocycles. The summed E-state index contributed by atoms with van der Waals surface area (Å²) in [6, 6.07) is 7.49. The first kappa shape index (κ1) is 17.2. The van der Waals surface area contributed by atoms with Gasteiger partial charge in [-0.25, -0.2) is 0 Å². The second-order valence-corrected chi connectivity index (χ2v) is 7.01. The number of nitrogens with zero attached hydrogens (tertiary/aromatic N) is 4. The molecule has 0 unspecified atom stereocenters. The molecule has 3 aromatic rings. The number of carbonyl (C=O) groups excluding carboxylic acids is 1. The highest BCUT2D eigenvalue weighted by atomic mass is 127. The van der Waals surface area contributed by atoms with Crippen LogP contribution in [0.5, 0.6) is 0 Å². The molecule has 0 radical (unpaired) electrons. The second-order valence-electron chi connectivity index (χ2n) is 5.03. The number of benzene rings is 1. The van der Waals surface area contributed by atoms with Crippen LogP contribution >= 0.6 is 45.8 Å². The standard InChI is InChI=1S/C15H12Cl2IN5O/c1-22-13(12(18)6-19-22)15(24)20-14-11(17)8-23(21-14)7-9-4-2-3-5-10(9)16/h2-6,8H,7H2,1H3,(H,20,21,24). The molecule has 6 nitrogen and oxygen atoms in total. The molecule has 9 heteroatoms. The van der Waals surface area contributed by atoms with Crippen LogP contribution in [0.4, 0.5) is 5.82 Å². The summed E-state index contributed by atoms with van der Waals surface area (Å²) in [4.78, 5) is 12.4. The molecule has 0 spiro atoms. The molecule has 0 aliphatic heterocycles. The molecule has 0 atom stereocenters. The zero-order valence-electron chi connectivity index (χ0n) is 12.5. The van der Waals surface area contributed by atoms with Crippen molar-refractivity contribution in [2.45, 2.75) is 6.54 Å². The van der Waals surface area contributed by atoms with E-state index >= 15 is 0 Å². The van der Waals surface area contributed by atoms with Crippen LogP contribution in [-0.4, -0.2) is 25.5 Å². The Balaban J connectivity index is 1.80. The molecule has 0 saturated carbocycles. The van der Waals surface area contributed by atoms with E-state index in [0.29, 0.717) is 28.1 Å². The molecule has 0 bridgehead atoms. The number of rotatable bonds is 4. The van der Waals surface area contributed by atoms with E-state index in [9.17, 15) is 4.79 Å². The van der Waals surface area contributed by atoms with Crippen molar-refractivity contribution < 1.29 is 4.79 Å². The van der Waals surface area contributed by atoms with Crippen molar-refractivity contribution in [1.82, 2.24) is 19.6 Å². The van der Waals surface area contributed by atoms with E-state index in [2.05, 4.69) is 38.1 Å². The third-order valence-corrected chi connectivity index (χ3v) is 4.78. The molecule has 0 fully saturated rings. The van der Waals surface area contributed by atoms with Crippen molar-refractivity contribution in [3.8, 4) is 0 Å². The number of hydrogen-bond donors (Lipinski definition) is 1. The predicted octanol–water partition coefficient (Wildman–Crippen LogP) is 3.83. The molecule has 1 amide bonds. The average Bonchev–Trinajstić information content (AvgIpc) is 3.04. The van der Waals surface area contributed by atoms with E-state index in [4.69, 9.17) is 23.2 Å². The van der Waals surface area contributed by atoms with Gasteiger partial charge in [-0.2, -0.15) is 10.2 Å². The quantitative estimate of drug-likeness (QED) is 0.583. The fourth-order valence-electron chi connectivity index (χ4n) is 2.20. The van der Waals surface area contributed by atoms with Crippen LogP contribution in [-0.2, 0) is 13.6 Å². The molecule has 2 heterocycles. The monoisotopic (exact) mass is 475 g/mol. The summed E-state index contributed by atoms with van der Waals surface area (Å²) >= 11 is 14.4. The summed E-state index contributed by atoms with van der Waals surface area (Å²) < 4.78 is 3.89. The lowest BCUT2D eigenvalue weighted by Crippen LogP contribution is -2.18. The average molecular weight is 476 g/mol. The minimum absolute atomic E-state index is 0.297. The first-order valence-corrected chi connectivity index (χ1v) is 8.74. The van der Waals surface area contributed by atoms with Gasteiger partial charge in [0.1, 0.15) is 10.7 Å². The summed E-state index contributed by atoms with van der Waals surface area (Å²) in [7, 11) is 1.70. The van der Waals surface area contributed by atoms with E-state index in [1.54, 1.807) is 24.1 Å². The van der Waals surface area contributed by atoms with Gasteiger partial charge in [0.2, 0.25) is 0 Å². The Morgan fingerprint density at radius 2 is 2.04 bits per heavy atom. The lowest BCUT2D eigenvalue weighted by molar-refractivity contribution is 0.101. The molecule has 124 valence electrons. The van der Waals surface area contributed by atoms with Gasteiger partial charge in [-0.05, 0) is 34.2 Å². The largest absolute Gasteiger partial charge is 0.302 e. The minimum Gasteiger partial charge on any atom is -0.302 e. The molecular formula is C15H12Cl2IN5O. The van der Waals surface area contributed by atoms with Gasteiger partial charge < -0.3 is 5.32 Å². The van der Waals surface area contributed by atoms with Gasteiger partial charge in [0.15, 0.2) is 5.82 Å².